The van der Waals surface area contributed by atoms with Crippen molar-refractivity contribution in [2.75, 3.05) is 11.9 Å². The van der Waals surface area contributed by atoms with E-state index in [1.807, 2.05) is 48.5 Å². The van der Waals surface area contributed by atoms with Crippen LogP contribution in [0.1, 0.15) is 18.9 Å². The highest BCUT2D eigenvalue weighted by atomic mass is 16.5. The standard InChI is InChI=1S/C20H21N5O2/c1-3-14-27-18-11-4-15(5-12-18)6-13-19(26)21-17-9-7-16(8-10-17)20-22-23-24-25(20)2/h4-13H,3,14H2,1-2H3,(H,21,26)/b13-6+. The summed E-state index contributed by atoms with van der Waals surface area (Å²) in [6.07, 6.45) is 4.24. The first-order valence-corrected chi connectivity index (χ1v) is 8.70. The zero-order valence-corrected chi connectivity index (χ0v) is 15.3. The molecule has 7 nitrogen and oxygen atoms in total. The minimum atomic E-state index is -0.200. The Balaban J connectivity index is 1.57. The van der Waals surface area contributed by atoms with E-state index in [0.29, 0.717) is 18.1 Å². The van der Waals surface area contributed by atoms with Crippen molar-refractivity contribution < 1.29 is 9.53 Å². The molecule has 0 spiro atoms. The summed E-state index contributed by atoms with van der Waals surface area (Å²) in [4.78, 5) is 12.1. The van der Waals surface area contributed by atoms with Crippen LogP contribution in [-0.2, 0) is 11.8 Å². The first-order valence-electron chi connectivity index (χ1n) is 8.70. The lowest BCUT2D eigenvalue weighted by molar-refractivity contribution is -0.111. The number of benzene rings is 2. The second-order valence-electron chi connectivity index (χ2n) is 5.94. The molecule has 0 saturated carbocycles. The van der Waals surface area contributed by atoms with Crippen molar-refractivity contribution in [3.63, 3.8) is 0 Å². The Kier molecular flexibility index (Phi) is 5.94. The van der Waals surface area contributed by atoms with Gasteiger partial charge in [0.2, 0.25) is 5.91 Å². The van der Waals surface area contributed by atoms with E-state index in [-0.39, 0.29) is 5.91 Å². The molecule has 1 amide bonds. The van der Waals surface area contributed by atoms with Crippen molar-refractivity contribution in [1.82, 2.24) is 20.2 Å². The third-order valence-corrected chi connectivity index (χ3v) is 3.81. The molecule has 1 aromatic heterocycles. The lowest BCUT2D eigenvalue weighted by Gasteiger charge is -2.05. The van der Waals surface area contributed by atoms with Crippen LogP contribution in [0.3, 0.4) is 0 Å². The fraction of sp³-hybridized carbons (Fsp3) is 0.200. The predicted octanol–water partition coefficient (Wildman–Crippen LogP) is 3.32. The number of aryl methyl sites for hydroxylation is 1. The third-order valence-electron chi connectivity index (χ3n) is 3.81. The fourth-order valence-corrected chi connectivity index (χ4v) is 2.43. The van der Waals surface area contributed by atoms with Crippen LogP contribution in [0.25, 0.3) is 17.5 Å². The third kappa shape index (κ3) is 5.01. The lowest BCUT2D eigenvalue weighted by atomic mass is 10.2. The molecule has 3 aromatic rings. The van der Waals surface area contributed by atoms with Gasteiger partial charge in [0.1, 0.15) is 5.75 Å². The number of hydrogen-bond acceptors (Lipinski definition) is 5. The van der Waals surface area contributed by atoms with Gasteiger partial charge in [-0.3, -0.25) is 4.79 Å². The fourth-order valence-electron chi connectivity index (χ4n) is 2.43. The van der Waals surface area contributed by atoms with E-state index in [2.05, 4.69) is 27.8 Å². The summed E-state index contributed by atoms with van der Waals surface area (Å²) >= 11 is 0. The van der Waals surface area contributed by atoms with E-state index < -0.39 is 0 Å². The van der Waals surface area contributed by atoms with Crippen LogP contribution < -0.4 is 10.1 Å². The summed E-state index contributed by atoms with van der Waals surface area (Å²) in [5.74, 6) is 1.30. The van der Waals surface area contributed by atoms with Gasteiger partial charge < -0.3 is 10.1 Å². The van der Waals surface area contributed by atoms with Gasteiger partial charge >= 0.3 is 0 Å². The van der Waals surface area contributed by atoms with Crippen LogP contribution in [0.5, 0.6) is 5.75 Å². The molecule has 0 unspecified atom stereocenters. The summed E-state index contributed by atoms with van der Waals surface area (Å²) in [6, 6.07) is 15.0. The quantitative estimate of drug-likeness (QED) is 0.651. The molecule has 0 fully saturated rings. The zero-order valence-electron chi connectivity index (χ0n) is 15.3. The summed E-state index contributed by atoms with van der Waals surface area (Å²) in [5.41, 5.74) is 2.51. The Bertz CT molecular complexity index is 914. The zero-order chi connectivity index (χ0) is 19.1. The van der Waals surface area contributed by atoms with Gasteiger partial charge in [-0.1, -0.05) is 19.1 Å². The van der Waals surface area contributed by atoms with E-state index >= 15 is 0 Å². The summed E-state index contributed by atoms with van der Waals surface area (Å²) in [7, 11) is 1.78. The lowest BCUT2D eigenvalue weighted by Crippen LogP contribution is -2.07. The van der Waals surface area contributed by atoms with Gasteiger partial charge in [-0.2, -0.15) is 0 Å². The topological polar surface area (TPSA) is 81.9 Å². The molecule has 27 heavy (non-hydrogen) atoms. The highest BCUT2D eigenvalue weighted by Gasteiger charge is 2.06. The van der Waals surface area contributed by atoms with E-state index in [4.69, 9.17) is 4.74 Å². The number of carbonyl (C=O) groups excluding carboxylic acids is 1. The summed E-state index contributed by atoms with van der Waals surface area (Å²) < 4.78 is 7.13. The maximum atomic E-state index is 12.1. The molecule has 0 atom stereocenters. The molecule has 0 saturated heterocycles. The van der Waals surface area contributed by atoms with Crippen LogP contribution in [0.2, 0.25) is 0 Å². The second kappa shape index (κ2) is 8.75. The Hall–Kier alpha value is -3.48. The smallest absolute Gasteiger partial charge is 0.248 e. The van der Waals surface area contributed by atoms with Crippen molar-refractivity contribution in [2.45, 2.75) is 13.3 Å². The van der Waals surface area contributed by atoms with Crippen LogP contribution in [0.15, 0.2) is 54.6 Å². The molecular formula is C20H21N5O2. The minimum absolute atomic E-state index is 0.200. The second-order valence-corrected chi connectivity index (χ2v) is 5.94. The van der Waals surface area contributed by atoms with Crippen LogP contribution in [0.4, 0.5) is 5.69 Å². The molecule has 1 N–H and O–H groups in total. The Morgan fingerprint density at radius 2 is 1.89 bits per heavy atom. The number of aromatic nitrogens is 4. The van der Waals surface area contributed by atoms with Crippen molar-refractivity contribution >= 4 is 17.7 Å². The number of nitrogens with zero attached hydrogens (tertiary/aromatic N) is 4. The molecule has 138 valence electrons. The first kappa shape index (κ1) is 18.3. The molecule has 0 aliphatic carbocycles. The maximum absolute atomic E-state index is 12.1. The van der Waals surface area contributed by atoms with Crippen molar-refractivity contribution in [2.24, 2.45) is 7.05 Å². The predicted molar refractivity (Wildman–Crippen MR) is 104 cm³/mol. The number of ether oxygens (including phenoxy) is 1. The van der Waals surface area contributed by atoms with Gasteiger partial charge in [0, 0.05) is 24.4 Å². The van der Waals surface area contributed by atoms with Crippen molar-refractivity contribution in [3.8, 4) is 17.1 Å². The Morgan fingerprint density at radius 1 is 1.15 bits per heavy atom. The number of amides is 1. The van der Waals surface area contributed by atoms with E-state index in [0.717, 1.165) is 23.3 Å². The van der Waals surface area contributed by atoms with E-state index in [1.54, 1.807) is 17.8 Å². The minimum Gasteiger partial charge on any atom is -0.494 e. The van der Waals surface area contributed by atoms with Crippen molar-refractivity contribution in [3.05, 3.63) is 60.2 Å². The summed E-state index contributed by atoms with van der Waals surface area (Å²) in [5, 5.41) is 14.2. The molecular weight excluding hydrogens is 342 g/mol. The molecule has 0 aliphatic heterocycles. The highest BCUT2D eigenvalue weighted by Crippen LogP contribution is 2.18. The van der Waals surface area contributed by atoms with Gasteiger partial charge in [-0.25, -0.2) is 4.68 Å². The average Bonchev–Trinajstić information content (AvgIpc) is 3.12. The normalized spacial score (nSPS) is 10.9. The molecule has 0 bridgehead atoms. The average molecular weight is 363 g/mol. The molecule has 3 rings (SSSR count). The van der Waals surface area contributed by atoms with Gasteiger partial charge in [0.05, 0.1) is 6.61 Å². The number of anilines is 1. The molecule has 7 heteroatoms. The van der Waals surface area contributed by atoms with Crippen LogP contribution >= 0.6 is 0 Å². The Labute approximate surface area is 157 Å². The van der Waals surface area contributed by atoms with E-state index in [1.165, 1.54) is 6.08 Å². The van der Waals surface area contributed by atoms with E-state index in [9.17, 15) is 4.79 Å². The van der Waals surface area contributed by atoms with Gasteiger partial charge in [-0.15, -0.1) is 5.10 Å². The van der Waals surface area contributed by atoms with Gasteiger partial charge in [0.25, 0.3) is 0 Å². The number of carbonyl (C=O) groups is 1. The van der Waals surface area contributed by atoms with Gasteiger partial charge in [-0.05, 0) is 64.9 Å². The number of nitrogens with one attached hydrogen (secondary N) is 1. The summed E-state index contributed by atoms with van der Waals surface area (Å²) in [6.45, 7) is 2.76. The molecule has 1 heterocycles. The van der Waals surface area contributed by atoms with Crippen LogP contribution in [-0.4, -0.2) is 32.7 Å². The first-order chi connectivity index (χ1) is 13.2. The van der Waals surface area contributed by atoms with Crippen molar-refractivity contribution in [1.29, 1.82) is 0 Å². The number of hydrogen-bond donors (Lipinski definition) is 1. The molecule has 0 aliphatic rings. The SMILES string of the molecule is CCCOc1ccc(/C=C/C(=O)Nc2ccc(-c3nnnn3C)cc2)cc1. The monoisotopic (exact) mass is 363 g/mol. The highest BCUT2D eigenvalue weighted by molar-refractivity contribution is 6.02. The molecule has 0 radical (unpaired) electrons. The van der Waals surface area contributed by atoms with Crippen LogP contribution in [0, 0.1) is 0 Å². The number of rotatable bonds is 7. The van der Waals surface area contributed by atoms with Gasteiger partial charge in [0.15, 0.2) is 5.82 Å². The number of tetrazole rings is 1. The largest absolute Gasteiger partial charge is 0.494 e. The molecule has 2 aromatic carbocycles. The maximum Gasteiger partial charge on any atom is 0.248 e. The Morgan fingerprint density at radius 3 is 2.52 bits per heavy atom.